The van der Waals surface area contributed by atoms with Crippen molar-refractivity contribution in [2.75, 3.05) is 0 Å². The van der Waals surface area contributed by atoms with Crippen LogP contribution in [0.2, 0.25) is 0 Å². The van der Waals surface area contributed by atoms with Crippen LogP contribution in [0.1, 0.15) is 0 Å². The number of rotatable bonds is 0. The molecule has 759 valence electrons. The molecule has 0 aromatic rings. The SMILES string of the molecule is [Fe+3].[Fe+3].[Fe+3].[O-2].[O-2].[O-2].[O-2].[O-2].[O-2].[O-2].[O-2].[O-2].[O-2].[O-2].[O-2].[O-2].[O-2].[O-2].[O-2].[O-2].[O-2].[O-2].[O-2].[O-2].[O-2].[O-2].[O-2].[O-2].[O-2].[O-2].[O-2].[O-2].[O-2].[O-2].[O-2].[O-2].[O-2].[O-2].[O-2].[O-2].[O-2].[O-2].[O-2].[O-2].[O-2].[O-2].[O-2].[O-2].[O-2].[O-2].[O-2].[O-2].[O-2].[O-2].[O-2].[O-2].[O-2].[O-2].[O-2].[O-2].[O-2].[O-2].[O-2].[O-2].[O-2].[O-2].[O-2].[O-2].[O-2].[O-2].[O-2].[O-2].[O-2].[O-2].[O-2].[O-2].[O-2].[O-2].[O-2].[O-2].[O-2].[O-2].[O-2].[O-2].[O-2].[O-2].[O-2].[O-2].[O-2].[O-2].[O-2].[O-2].[O-2].[O-2].[O-2].[O-2]. The van der Waals surface area contributed by atoms with Crippen LogP contribution in [-0.2, 0) is 560 Å². The molecule has 0 N–H and O–H groups in total. The Morgan fingerprint density at radius 1 is 0.0208 bits per heavy atom. The molecule has 0 heterocycles. The van der Waals surface area contributed by atoms with E-state index in [1.165, 1.54) is 0 Å². The average molecular weight is 1660 g/mol. The summed E-state index contributed by atoms with van der Waals surface area (Å²) in [6, 6.07) is 0. The molecule has 0 saturated heterocycles. The maximum Gasteiger partial charge on any atom is 3.00 e. The van der Waals surface area contributed by atoms with Crippen LogP contribution in [0.15, 0.2) is 0 Å². The predicted molar refractivity (Wildman–Crippen MR) is 63.8 cm³/mol. The fourth-order valence-electron chi connectivity index (χ4n) is 0. The Kier molecular flexibility index (Phi) is 302000000. The third kappa shape index (κ3) is 162000. The maximum absolute atomic E-state index is 0. The fourth-order valence-corrected chi connectivity index (χ4v) is 0. The molecular weight excluding hydrogens is 1660 g/mol. The van der Waals surface area contributed by atoms with Crippen LogP contribution in [0.4, 0.5) is 0 Å². The molecule has 0 aromatic heterocycles. The van der Waals surface area contributed by atoms with Gasteiger partial charge in [-0.15, -0.1) is 0 Å². The topological polar surface area (TPSA) is 2650 Å². The van der Waals surface area contributed by atoms with Gasteiger partial charge in [-0.3, -0.25) is 0 Å². The van der Waals surface area contributed by atoms with E-state index in [0.29, 0.717) is 0 Å². The molecule has 0 fully saturated rings. The zero-order valence-corrected chi connectivity index (χ0v) is 42.3. The molecular formula is Fe3O93-177. The van der Waals surface area contributed by atoms with Crippen LogP contribution < -0.4 is 0 Å². The van der Waals surface area contributed by atoms with Gasteiger partial charge in [-0.2, -0.15) is 0 Å². The van der Waals surface area contributed by atoms with Crippen LogP contribution in [-0.4, -0.2) is 0 Å². The molecule has 0 aliphatic carbocycles. The predicted octanol–water partition coefficient (Wildman–Crippen LogP) is -11.1. The molecule has 0 spiro atoms. The van der Waals surface area contributed by atoms with Gasteiger partial charge in [-0.05, 0) is 0 Å². The van der Waals surface area contributed by atoms with Gasteiger partial charge in [0.05, 0.1) is 0 Å². The molecule has 0 amide bonds. The first-order valence-electron chi connectivity index (χ1n) is 0. The van der Waals surface area contributed by atoms with Crippen LogP contribution >= 0.6 is 0 Å². The van der Waals surface area contributed by atoms with Crippen molar-refractivity contribution in [3.8, 4) is 0 Å². The summed E-state index contributed by atoms with van der Waals surface area (Å²) in [5, 5.41) is 0. The summed E-state index contributed by atoms with van der Waals surface area (Å²) < 4.78 is 0. The summed E-state index contributed by atoms with van der Waals surface area (Å²) in [5.41, 5.74) is 0. The van der Waals surface area contributed by atoms with Gasteiger partial charge < -0.3 is 509 Å². The van der Waals surface area contributed by atoms with Gasteiger partial charge >= 0.3 is 51.2 Å². The largest absolute Gasteiger partial charge is 3.00 e. The third-order valence-electron chi connectivity index (χ3n) is 0. The average Bonchev–Trinajstić information content (AvgIpc) is 0. The van der Waals surface area contributed by atoms with Crippen molar-refractivity contribution < 1.29 is 560 Å². The van der Waals surface area contributed by atoms with Crippen LogP contribution in [0, 0.1) is 0 Å². The van der Waals surface area contributed by atoms with Gasteiger partial charge in [0.15, 0.2) is 0 Å². The minimum absolute atomic E-state index is 0. The van der Waals surface area contributed by atoms with E-state index in [-0.39, 0.29) is 560 Å². The second-order valence-electron chi connectivity index (χ2n) is 0. The second kappa shape index (κ2) is 168000. The van der Waals surface area contributed by atoms with Crippen LogP contribution in [0.3, 0.4) is 0 Å². The monoisotopic (exact) mass is 1660 g/mol. The standard InChI is InChI=1S/3Fe.93O/q3*+3;93*-2. The van der Waals surface area contributed by atoms with Gasteiger partial charge in [0.1, 0.15) is 0 Å². The van der Waals surface area contributed by atoms with Gasteiger partial charge in [0.25, 0.3) is 0 Å². The first-order valence-corrected chi connectivity index (χ1v) is 0. The molecule has 0 bridgehead atoms. The van der Waals surface area contributed by atoms with E-state index in [0.717, 1.165) is 0 Å². The molecule has 3 radical (unpaired) electrons. The van der Waals surface area contributed by atoms with E-state index in [9.17, 15) is 0 Å². The Morgan fingerprint density at radius 2 is 0.0208 bits per heavy atom. The summed E-state index contributed by atoms with van der Waals surface area (Å²) >= 11 is 0. The van der Waals surface area contributed by atoms with Crippen LogP contribution in [0.25, 0.3) is 0 Å². The Balaban J connectivity index is 0. The van der Waals surface area contributed by atoms with Gasteiger partial charge in [0.2, 0.25) is 0 Å². The van der Waals surface area contributed by atoms with Gasteiger partial charge in [0, 0.05) is 0 Å². The minimum Gasteiger partial charge on any atom is -2.00 e. The third-order valence-corrected chi connectivity index (χ3v) is 0. The fraction of sp³-hybridized carbons (Fsp3) is 0. The van der Waals surface area contributed by atoms with Crippen molar-refractivity contribution in [1.82, 2.24) is 0 Å². The molecule has 0 rings (SSSR count). The smallest absolute Gasteiger partial charge is 2.00 e. The molecule has 93 nitrogen and oxygen atoms in total. The van der Waals surface area contributed by atoms with Crippen LogP contribution in [0.5, 0.6) is 0 Å². The number of hydrogen-bond donors (Lipinski definition) is 0. The molecule has 0 atom stereocenters. The van der Waals surface area contributed by atoms with Crippen molar-refractivity contribution in [2.24, 2.45) is 0 Å². The Hall–Kier alpha value is -2.16. The van der Waals surface area contributed by atoms with E-state index in [1.807, 2.05) is 0 Å². The Bertz CT molecular complexity index is 19.3. The van der Waals surface area contributed by atoms with Crippen molar-refractivity contribution >= 4 is 0 Å². The van der Waals surface area contributed by atoms with Gasteiger partial charge in [-0.25, -0.2) is 0 Å². The summed E-state index contributed by atoms with van der Waals surface area (Å²) in [7, 11) is 0. The maximum atomic E-state index is 0. The van der Waals surface area contributed by atoms with E-state index < -0.39 is 0 Å². The van der Waals surface area contributed by atoms with Gasteiger partial charge in [-0.1, -0.05) is 0 Å². The summed E-state index contributed by atoms with van der Waals surface area (Å²) in [5.74, 6) is 0. The zero-order chi connectivity index (χ0) is 0. The minimum atomic E-state index is 0. The molecule has 0 saturated carbocycles. The summed E-state index contributed by atoms with van der Waals surface area (Å²) in [6.45, 7) is 0. The normalized spacial score (nSPS) is 0. The number of hydrogen-bond acceptors (Lipinski definition) is 0. The zero-order valence-electron chi connectivity index (χ0n) is 39.0. The summed E-state index contributed by atoms with van der Waals surface area (Å²) in [4.78, 5) is 0. The molecule has 0 aliphatic rings. The molecule has 0 aromatic carbocycles. The summed E-state index contributed by atoms with van der Waals surface area (Å²) in [6.07, 6.45) is 0. The molecule has 0 aliphatic heterocycles. The van der Waals surface area contributed by atoms with E-state index in [1.54, 1.807) is 0 Å². The van der Waals surface area contributed by atoms with E-state index in [4.69, 9.17) is 0 Å². The Morgan fingerprint density at radius 3 is 0.0208 bits per heavy atom. The van der Waals surface area contributed by atoms with Crippen molar-refractivity contribution in [3.05, 3.63) is 0 Å². The van der Waals surface area contributed by atoms with Crippen molar-refractivity contribution in [2.45, 2.75) is 0 Å². The van der Waals surface area contributed by atoms with E-state index in [2.05, 4.69) is 0 Å². The molecule has 96 heavy (non-hydrogen) atoms. The Labute approximate surface area is 561 Å². The molecule has 96 heteroatoms. The van der Waals surface area contributed by atoms with Crippen molar-refractivity contribution in [1.29, 1.82) is 0 Å². The second-order valence-corrected chi connectivity index (χ2v) is 0. The van der Waals surface area contributed by atoms with E-state index >= 15 is 0 Å². The quantitative estimate of drug-likeness (QED) is 0.204. The first-order chi connectivity index (χ1) is 0. The molecule has 0 unspecified atom stereocenters. The van der Waals surface area contributed by atoms with Crippen molar-refractivity contribution in [3.63, 3.8) is 0 Å². The first kappa shape index (κ1) is 173000.